The molecule has 1 fully saturated rings. The van der Waals surface area contributed by atoms with E-state index in [2.05, 4.69) is 21.0 Å². The molecule has 0 radical (unpaired) electrons. The Morgan fingerprint density at radius 1 is 1.22 bits per heavy atom. The molecule has 3 N–H and O–H groups in total. The van der Waals surface area contributed by atoms with Crippen LogP contribution in [0.2, 0.25) is 0 Å². The number of anilines is 1. The number of nitrogen functional groups attached to an aromatic ring is 1. The number of carbonyl (C=O) groups is 1. The highest BCUT2D eigenvalue weighted by molar-refractivity contribution is 5.79. The number of aryl methyl sites for hydroxylation is 1. The number of aromatic nitrogens is 3. The Labute approximate surface area is 186 Å². The second kappa shape index (κ2) is 7.93. The highest BCUT2D eigenvalue weighted by atomic mass is 19.1. The van der Waals surface area contributed by atoms with E-state index in [0.717, 1.165) is 49.3 Å². The molecule has 32 heavy (non-hydrogen) atoms. The minimum Gasteiger partial charge on any atom is -0.383 e. The summed E-state index contributed by atoms with van der Waals surface area (Å²) in [6.07, 6.45) is 4.68. The lowest BCUT2D eigenvalue weighted by Gasteiger charge is -2.34. The zero-order valence-corrected chi connectivity index (χ0v) is 18.1. The fourth-order valence-corrected chi connectivity index (χ4v) is 5.08. The van der Waals surface area contributed by atoms with Gasteiger partial charge >= 0.3 is 6.03 Å². The Bertz CT molecular complexity index is 1180. The minimum atomic E-state index is -0.336. The van der Waals surface area contributed by atoms with E-state index in [1.807, 2.05) is 17.9 Å². The van der Waals surface area contributed by atoms with E-state index in [4.69, 9.17) is 10.8 Å². The molecule has 2 aliphatic heterocycles. The molecular formula is C24H27FN6O. The van der Waals surface area contributed by atoms with Crippen molar-refractivity contribution in [2.75, 3.05) is 25.4 Å². The number of hydrogen-bond donors (Lipinski definition) is 2. The number of likely N-dealkylation sites (tertiary alicyclic amines) is 1. The number of nitrogens with zero attached hydrogens (tertiary/aromatic N) is 4. The van der Waals surface area contributed by atoms with E-state index in [0.29, 0.717) is 24.2 Å². The number of rotatable bonds is 3. The molecule has 0 aliphatic carbocycles. The van der Waals surface area contributed by atoms with Crippen LogP contribution in [0.1, 0.15) is 31.9 Å². The summed E-state index contributed by atoms with van der Waals surface area (Å²) in [5.74, 6) is -0.0506. The van der Waals surface area contributed by atoms with Crippen LogP contribution in [0.3, 0.4) is 0 Å². The summed E-state index contributed by atoms with van der Waals surface area (Å²) in [5, 5.41) is 7.77. The van der Waals surface area contributed by atoms with Crippen molar-refractivity contribution in [3.63, 3.8) is 0 Å². The van der Waals surface area contributed by atoms with Crippen molar-refractivity contribution in [2.24, 2.45) is 0 Å². The number of carbonyl (C=O) groups excluding carboxylic acids is 1. The van der Waals surface area contributed by atoms with Crippen LogP contribution in [0.4, 0.5) is 15.0 Å². The van der Waals surface area contributed by atoms with Gasteiger partial charge in [-0.15, -0.1) is 0 Å². The second-order valence-corrected chi connectivity index (χ2v) is 8.67. The molecule has 5 rings (SSSR count). The lowest BCUT2D eigenvalue weighted by molar-refractivity contribution is 0.203. The third kappa shape index (κ3) is 3.39. The first-order valence-corrected chi connectivity index (χ1v) is 11.1. The monoisotopic (exact) mass is 434 g/mol. The number of nitrogens with one attached hydrogen (secondary N) is 1. The first kappa shape index (κ1) is 20.5. The molecule has 1 spiro atoms. The number of fused-ring (bicyclic) bond motifs is 2. The summed E-state index contributed by atoms with van der Waals surface area (Å²) < 4.78 is 16.5. The van der Waals surface area contributed by atoms with Crippen LogP contribution in [0.25, 0.3) is 22.4 Å². The van der Waals surface area contributed by atoms with E-state index in [9.17, 15) is 9.18 Å². The highest BCUT2D eigenvalue weighted by Crippen LogP contribution is 2.43. The van der Waals surface area contributed by atoms with Crippen LogP contribution in [0.5, 0.6) is 0 Å². The maximum Gasteiger partial charge on any atom is 0.317 e. The molecule has 7 nitrogen and oxygen atoms in total. The van der Waals surface area contributed by atoms with Crippen LogP contribution < -0.4 is 11.1 Å². The number of benzene rings is 1. The van der Waals surface area contributed by atoms with Crippen molar-refractivity contribution in [1.29, 1.82) is 0 Å². The fourth-order valence-electron chi connectivity index (χ4n) is 5.08. The Morgan fingerprint density at radius 3 is 2.88 bits per heavy atom. The Balaban J connectivity index is 1.50. The van der Waals surface area contributed by atoms with E-state index in [1.54, 1.807) is 24.4 Å². The van der Waals surface area contributed by atoms with Crippen molar-refractivity contribution >= 4 is 11.8 Å². The third-order valence-corrected chi connectivity index (χ3v) is 6.70. The van der Waals surface area contributed by atoms with Gasteiger partial charge in [-0.1, -0.05) is 18.2 Å². The summed E-state index contributed by atoms with van der Waals surface area (Å²) in [6.45, 7) is 4.85. The van der Waals surface area contributed by atoms with Crippen LogP contribution in [-0.2, 0) is 12.0 Å². The molecule has 2 aromatic heterocycles. The van der Waals surface area contributed by atoms with Crippen LogP contribution in [0, 0.1) is 5.82 Å². The molecule has 0 saturated carbocycles. The zero-order chi connectivity index (χ0) is 22.3. The third-order valence-electron chi connectivity index (χ3n) is 6.70. The van der Waals surface area contributed by atoms with E-state index in [1.165, 1.54) is 6.07 Å². The van der Waals surface area contributed by atoms with Crippen LogP contribution in [-0.4, -0.2) is 45.3 Å². The van der Waals surface area contributed by atoms with E-state index >= 15 is 0 Å². The number of pyridine rings is 1. The maximum absolute atomic E-state index is 14.4. The van der Waals surface area contributed by atoms with E-state index < -0.39 is 0 Å². The van der Waals surface area contributed by atoms with Gasteiger partial charge in [-0.3, -0.25) is 4.68 Å². The molecule has 1 saturated heterocycles. The Hall–Kier alpha value is -3.42. The SMILES string of the molecule is CCNC(=O)N1CCC2(CCCn3nc(-c4cnc(N)c(-c5ccccc5F)c4)cc32)C1. The smallest absolute Gasteiger partial charge is 0.317 e. The number of amides is 2. The van der Waals surface area contributed by atoms with Crippen molar-refractivity contribution in [1.82, 2.24) is 25.0 Å². The summed E-state index contributed by atoms with van der Waals surface area (Å²) in [7, 11) is 0. The first-order valence-electron chi connectivity index (χ1n) is 11.1. The van der Waals surface area contributed by atoms with Crippen LogP contribution >= 0.6 is 0 Å². The molecule has 2 amide bonds. The van der Waals surface area contributed by atoms with Gasteiger partial charge in [-0.2, -0.15) is 5.10 Å². The van der Waals surface area contributed by atoms with E-state index in [-0.39, 0.29) is 23.1 Å². The molecule has 1 unspecified atom stereocenters. The van der Waals surface area contributed by atoms with Crippen molar-refractivity contribution in [3.8, 4) is 22.4 Å². The quantitative estimate of drug-likeness (QED) is 0.656. The average molecular weight is 435 g/mol. The number of urea groups is 1. The fraction of sp³-hybridized carbons (Fsp3) is 0.375. The van der Waals surface area contributed by atoms with Gasteiger partial charge in [0.15, 0.2) is 0 Å². The Morgan fingerprint density at radius 2 is 2.06 bits per heavy atom. The van der Waals surface area contributed by atoms with Gasteiger partial charge in [0, 0.05) is 60.2 Å². The topological polar surface area (TPSA) is 89.1 Å². The normalized spacial score (nSPS) is 19.9. The largest absolute Gasteiger partial charge is 0.383 e. The molecule has 4 heterocycles. The molecular weight excluding hydrogens is 407 g/mol. The predicted molar refractivity (Wildman–Crippen MR) is 121 cm³/mol. The van der Waals surface area contributed by atoms with Gasteiger partial charge in [0.2, 0.25) is 0 Å². The van der Waals surface area contributed by atoms with Gasteiger partial charge < -0.3 is 16.0 Å². The van der Waals surface area contributed by atoms with Gasteiger partial charge in [-0.05, 0) is 44.4 Å². The summed E-state index contributed by atoms with van der Waals surface area (Å²) in [5.41, 5.74) is 9.74. The zero-order valence-electron chi connectivity index (χ0n) is 18.1. The molecule has 1 atom stereocenters. The molecule has 166 valence electrons. The molecule has 8 heteroatoms. The van der Waals surface area contributed by atoms with Gasteiger partial charge in [0.25, 0.3) is 0 Å². The predicted octanol–water partition coefficient (Wildman–Crippen LogP) is 3.80. The number of halogens is 1. The number of hydrogen-bond acceptors (Lipinski definition) is 4. The summed E-state index contributed by atoms with van der Waals surface area (Å²) in [4.78, 5) is 18.6. The lowest BCUT2D eigenvalue weighted by atomic mass is 9.77. The first-order chi connectivity index (χ1) is 15.5. The van der Waals surface area contributed by atoms with Gasteiger partial charge in [-0.25, -0.2) is 14.2 Å². The minimum absolute atomic E-state index is 0.00139. The highest BCUT2D eigenvalue weighted by Gasteiger charge is 2.45. The van der Waals surface area contributed by atoms with Gasteiger partial charge in [0.05, 0.1) is 5.69 Å². The lowest BCUT2D eigenvalue weighted by Crippen LogP contribution is -2.42. The van der Waals surface area contributed by atoms with Crippen molar-refractivity contribution in [3.05, 3.63) is 54.1 Å². The maximum atomic E-state index is 14.4. The van der Waals surface area contributed by atoms with Crippen LogP contribution in [0.15, 0.2) is 42.6 Å². The average Bonchev–Trinajstić information content (AvgIpc) is 3.41. The van der Waals surface area contributed by atoms with Gasteiger partial charge in [0.1, 0.15) is 11.6 Å². The van der Waals surface area contributed by atoms with Crippen molar-refractivity contribution in [2.45, 2.75) is 38.1 Å². The molecule has 3 aromatic rings. The molecule has 2 aliphatic rings. The summed E-state index contributed by atoms with van der Waals surface area (Å²) in [6, 6.07) is 10.5. The standard InChI is InChI=1S/C24H27FN6O/c1-2-27-23(32)30-11-9-24(15-30)8-5-10-31-21(24)13-20(29-31)16-12-18(22(26)28-14-16)17-6-3-4-7-19(17)25/h3-4,6-7,12-14H,2,5,8-11,15H2,1H3,(H2,26,28)(H,27,32). The van der Waals surface area contributed by atoms with Crippen molar-refractivity contribution < 1.29 is 9.18 Å². The number of nitrogens with two attached hydrogens (primary N) is 1. The summed E-state index contributed by atoms with van der Waals surface area (Å²) >= 11 is 0. The molecule has 0 bridgehead atoms. The molecule has 1 aromatic carbocycles. The Kier molecular flexibility index (Phi) is 5.07. The second-order valence-electron chi connectivity index (χ2n) is 8.67.